The van der Waals surface area contributed by atoms with Crippen molar-refractivity contribution in [3.63, 3.8) is 0 Å². The minimum absolute atomic E-state index is 0.232. The van der Waals surface area contributed by atoms with Gasteiger partial charge in [-0.15, -0.1) is 0 Å². The van der Waals surface area contributed by atoms with Crippen LogP contribution in [0.2, 0.25) is 0 Å². The number of aliphatic imine (C=N–C) groups is 2. The molecule has 7 nitrogen and oxygen atoms in total. The summed E-state index contributed by atoms with van der Waals surface area (Å²) in [6, 6.07) is 18.0. The molecule has 1 amide bonds. The van der Waals surface area contributed by atoms with Crippen LogP contribution in [0.15, 0.2) is 114 Å². The van der Waals surface area contributed by atoms with E-state index in [1.807, 2.05) is 60.7 Å². The smallest absolute Gasteiger partial charge is 0.265 e. The SMILES string of the molecule is C=C1/C=C\N=C(C(=O)NCCc2cnccn2)C/C=C(/c2ccccc2)C(c2ccc(CN)cc2)=N1. The highest BCUT2D eigenvalue weighted by atomic mass is 16.1. The van der Waals surface area contributed by atoms with Crippen molar-refractivity contribution in [1.29, 1.82) is 0 Å². The molecule has 0 aliphatic carbocycles. The van der Waals surface area contributed by atoms with Gasteiger partial charge in [0.25, 0.3) is 5.91 Å². The van der Waals surface area contributed by atoms with E-state index in [-0.39, 0.29) is 5.91 Å². The number of amides is 1. The third-order valence-electron chi connectivity index (χ3n) is 5.60. The molecule has 2 aromatic carbocycles. The summed E-state index contributed by atoms with van der Waals surface area (Å²) < 4.78 is 0. The predicted molar refractivity (Wildman–Crippen MR) is 144 cm³/mol. The van der Waals surface area contributed by atoms with Crippen LogP contribution in [0.5, 0.6) is 0 Å². The van der Waals surface area contributed by atoms with Crippen LogP contribution in [0.25, 0.3) is 5.57 Å². The van der Waals surface area contributed by atoms with E-state index in [9.17, 15) is 4.79 Å². The molecule has 0 atom stereocenters. The maximum absolute atomic E-state index is 13.0. The summed E-state index contributed by atoms with van der Waals surface area (Å²) >= 11 is 0. The molecule has 180 valence electrons. The van der Waals surface area contributed by atoms with Crippen molar-refractivity contribution in [3.05, 3.63) is 126 Å². The fraction of sp³-hybridized carbons (Fsp3) is 0.138. The van der Waals surface area contributed by atoms with E-state index in [0.717, 1.165) is 33.7 Å². The van der Waals surface area contributed by atoms with Gasteiger partial charge >= 0.3 is 0 Å². The number of carbonyl (C=O) groups is 1. The Morgan fingerprint density at radius 3 is 2.56 bits per heavy atom. The highest BCUT2D eigenvalue weighted by Crippen LogP contribution is 2.24. The molecule has 0 bridgehead atoms. The van der Waals surface area contributed by atoms with Gasteiger partial charge in [0.15, 0.2) is 0 Å². The average Bonchev–Trinajstić information content (AvgIpc) is 2.92. The highest BCUT2D eigenvalue weighted by Gasteiger charge is 2.16. The molecule has 0 spiro atoms. The van der Waals surface area contributed by atoms with Crippen molar-refractivity contribution in [2.24, 2.45) is 15.7 Å². The monoisotopic (exact) mass is 476 g/mol. The summed E-state index contributed by atoms with van der Waals surface area (Å²) in [6.07, 6.45) is 11.1. The number of aromatic nitrogens is 2. The number of benzene rings is 2. The summed E-state index contributed by atoms with van der Waals surface area (Å²) in [5.74, 6) is -0.232. The van der Waals surface area contributed by atoms with Gasteiger partial charge in [-0.3, -0.25) is 19.8 Å². The molecule has 0 saturated carbocycles. The summed E-state index contributed by atoms with van der Waals surface area (Å²) in [7, 11) is 0. The van der Waals surface area contributed by atoms with Crippen LogP contribution in [0.1, 0.15) is 28.8 Å². The molecule has 1 aliphatic heterocycles. The van der Waals surface area contributed by atoms with Crippen LogP contribution in [0, 0.1) is 0 Å². The Balaban J connectivity index is 1.64. The van der Waals surface area contributed by atoms with Crippen LogP contribution in [-0.4, -0.2) is 33.8 Å². The highest BCUT2D eigenvalue weighted by molar-refractivity contribution is 6.40. The van der Waals surface area contributed by atoms with Crippen LogP contribution < -0.4 is 11.1 Å². The zero-order valence-electron chi connectivity index (χ0n) is 20.0. The van der Waals surface area contributed by atoms with E-state index in [4.69, 9.17) is 10.7 Å². The lowest BCUT2D eigenvalue weighted by Gasteiger charge is -2.15. The first-order valence-corrected chi connectivity index (χ1v) is 11.7. The first kappa shape index (κ1) is 24.6. The van der Waals surface area contributed by atoms with E-state index in [1.165, 1.54) is 0 Å². The van der Waals surface area contributed by atoms with Crippen LogP contribution >= 0.6 is 0 Å². The minimum atomic E-state index is -0.232. The van der Waals surface area contributed by atoms with Crippen LogP contribution in [0.4, 0.5) is 0 Å². The molecular weight excluding hydrogens is 448 g/mol. The van der Waals surface area contributed by atoms with E-state index in [0.29, 0.717) is 37.3 Å². The lowest BCUT2D eigenvalue weighted by Crippen LogP contribution is -2.32. The van der Waals surface area contributed by atoms with Gasteiger partial charge < -0.3 is 11.1 Å². The molecule has 2 heterocycles. The number of nitrogens with one attached hydrogen (secondary N) is 1. The third-order valence-corrected chi connectivity index (χ3v) is 5.60. The second-order valence-electron chi connectivity index (χ2n) is 8.13. The third kappa shape index (κ3) is 6.55. The molecule has 7 heteroatoms. The fourth-order valence-electron chi connectivity index (χ4n) is 3.71. The molecule has 4 rings (SSSR count). The Hall–Kier alpha value is -4.49. The predicted octanol–water partition coefficient (Wildman–Crippen LogP) is 4.04. The van der Waals surface area contributed by atoms with Crippen molar-refractivity contribution in [2.45, 2.75) is 19.4 Å². The lowest BCUT2D eigenvalue weighted by molar-refractivity contribution is -0.114. The molecule has 0 radical (unpaired) electrons. The molecular formula is C29H28N6O. The molecule has 1 aliphatic rings. The van der Waals surface area contributed by atoms with Gasteiger partial charge in [0.05, 0.1) is 17.1 Å². The lowest BCUT2D eigenvalue weighted by atomic mass is 9.93. The van der Waals surface area contributed by atoms with Crippen molar-refractivity contribution >= 4 is 22.9 Å². The van der Waals surface area contributed by atoms with E-state index in [2.05, 4.69) is 26.9 Å². The van der Waals surface area contributed by atoms with Crippen molar-refractivity contribution in [3.8, 4) is 0 Å². The summed E-state index contributed by atoms with van der Waals surface area (Å²) in [5, 5.41) is 2.94. The van der Waals surface area contributed by atoms with Crippen molar-refractivity contribution < 1.29 is 4.79 Å². The summed E-state index contributed by atoms with van der Waals surface area (Å²) in [4.78, 5) is 30.5. The number of rotatable bonds is 7. The Labute approximate surface area is 210 Å². The Kier molecular flexibility index (Phi) is 8.40. The van der Waals surface area contributed by atoms with Gasteiger partial charge in [0, 0.05) is 61.9 Å². The Morgan fingerprint density at radius 2 is 1.83 bits per heavy atom. The van der Waals surface area contributed by atoms with Gasteiger partial charge in [0.1, 0.15) is 5.71 Å². The zero-order chi connectivity index (χ0) is 25.2. The van der Waals surface area contributed by atoms with Gasteiger partial charge in [-0.25, -0.2) is 4.99 Å². The summed E-state index contributed by atoms with van der Waals surface area (Å²) in [5.41, 5.74) is 12.2. The number of hydrogen-bond donors (Lipinski definition) is 2. The molecule has 36 heavy (non-hydrogen) atoms. The first-order valence-electron chi connectivity index (χ1n) is 11.7. The van der Waals surface area contributed by atoms with Gasteiger partial charge in [-0.2, -0.15) is 0 Å². The largest absolute Gasteiger partial charge is 0.351 e. The average molecular weight is 477 g/mol. The maximum atomic E-state index is 13.0. The normalized spacial score (nSPS) is 16.2. The zero-order valence-corrected chi connectivity index (χ0v) is 20.0. The van der Waals surface area contributed by atoms with Crippen LogP contribution in [-0.2, 0) is 17.8 Å². The molecule has 0 unspecified atom stereocenters. The molecule has 0 saturated heterocycles. The second-order valence-corrected chi connectivity index (χ2v) is 8.13. The molecule has 1 aromatic heterocycles. The number of hydrogen-bond acceptors (Lipinski definition) is 6. The number of allylic oxidation sites excluding steroid dienone is 3. The van der Waals surface area contributed by atoms with Gasteiger partial charge in [-0.1, -0.05) is 67.3 Å². The van der Waals surface area contributed by atoms with Crippen molar-refractivity contribution in [1.82, 2.24) is 15.3 Å². The van der Waals surface area contributed by atoms with E-state index < -0.39 is 0 Å². The fourth-order valence-corrected chi connectivity index (χ4v) is 3.71. The second kappa shape index (κ2) is 12.3. The first-order chi connectivity index (χ1) is 17.6. The molecule has 3 aromatic rings. The van der Waals surface area contributed by atoms with Gasteiger partial charge in [0.2, 0.25) is 0 Å². The number of carbonyl (C=O) groups excluding carboxylic acids is 1. The minimum Gasteiger partial charge on any atom is -0.351 e. The quantitative estimate of drug-likeness (QED) is 0.537. The maximum Gasteiger partial charge on any atom is 0.265 e. The van der Waals surface area contributed by atoms with Crippen LogP contribution in [0.3, 0.4) is 0 Å². The van der Waals surface area contributed by atoms with E-state index >= 15 is 0 Å². The standard InChI is InChI=1S/C29H28N6O/c1-21-13-15-33-27(29(36)34-16-14-25-20-31-17-18-32-25)12-11-26(23-5-3-2-4-6-23)28(35-21)24-9-7-22(19-30)8-10-24/h2-11,13,15,17-18,20H,1,12,14,16,19,30H2,(H,34,36)/b15-13-,26-11-,33-27?,35-28?. The molecule has 3 N–H and O–H groups in total. The number of nitrogens with two attached hydrogens (primary N) is 1. The topological polar surface area (TPSA) is 106 Å². The van der Waals surface area contributed by atoms with Gasteiger partial charge in [-0.05, 0) is 17.2 Å². The number of nitrogens with zero attached hydrogens (tertiary/aromatic N) is 4. The van der Waals surface area contributed by atoms with Crippen molar-refractivity contribution in [2.75, 3.05) is 6.54 Å². The Bertz CT molecular complexity index is 1320. The van der Waals surface area contributed by atoms with E-state index in [1.54, 1.807) is 30.9 Å². The molecule has 0 fully saturated rings. The summed E-state index contributed by atoms with van der Waals surface area (Å²) in [6.45, 7) is 4.98. The Morgan fingerprint density at radius 1 is 1.03 bits per heavy atom.